The standard InChI is InChI=1S/C28H22O2/c29-25-19-24(21-13-6-2-7-14-21)27(30)28(22-15-8-3-9-16-22)18-10-17-23(26(25)28)20-11-4-1-5-12-20/h1-16,18-19,23,26H,17H2. The molecule has 0 radical (unpaired) electrons. The van der Waals surface area contributed by atoms with Crippen molar-refractivity contribution in [3.63, 3.8) is 0 Å². The fourth-order valence-corrected chi connectivity index (χ4v) is 5.10. The summed E-state index contributed by atoms with van der Waals surface area (Å²) in [5.74, 6) is -0.467. The van der Waals surface area contributed by atoms with E-state index in [1.165, 1.54) is 0 Å². The topological polar surface area (TPSA) is 34.1 Å². The van der Waals surface area contributed by atoms with Gasteiger partial charge in [-0.2, -0.15) is 0 Å². The third kappa shape index (κ3) is 2.80. The fraction of sp³-hybridized carbons (Fsp3) is 0.143. The summed E-state index contributed by atoms with van der Waals surface area (Å²) in [5, 5.41) is 0. The normalized spacial score (nSPS) is 25.5. The lowest BCUT2D eigenvalue weighted by molar-refractivity contribution is -0.129. The molecule has 3 aromatic carbocycles. The Morgan fingerprint density at radius 1 is 0.733 bits per heavy atom. The van der Waals surface area contributed by atoms with Crippen molar-refractivity contribution in [3.8, 4) is 0 Å². The first-order valence-corrected chi connectivity index (χ1v) is 10.4. The minimum absolute atomic E-state index is 0.00128. The van der Waals surface area contributed by atoms with E-state index in [1.807, 2.05) is 84.9 Å². The van der Waals surface area contributed by atoms with Gasteiger partial charge in [0.25, 0.3) is 0 Å². The molecular weight excluding hydrogens is 368 g/mol. The summed E-state index contributed by atoms with van der Waals surface area (Å²) in [5.41, 5.74) is 2.28. The molecule has 0 saturated carbocycles. The molecule has 2 aliphatic rings. The molecule has 0 fully saturated rings. The van der Waals surface area contributed by atoms with Crippen LogP contribution in [0.3, 0.4) is 0 Å². The first kappa shape index (κ1) is 18.5. The van der Waals surface area contributed by atoms with Gasteiger partial charge in [-0.25, -0.2) is 0 Å². The van der Waals surface area contributed by atoms with Crippen LogP contribution in [0.1, 0.15) is 29.0 Å². The molecule has 3 unspecified atom stereocenters. The predicted molar refractivity (Wildman–Crippen MR) is 119 cm³/mol. The molecule has 0 amide bonds. The van der Waals surface area contributed by atoms with Crippen LogP contribution in [0.2, 0.25) is 0 Å². The van der Waals surface area contributed by atoms with E-state index in [2.05, 4.69) is 18.2 Å². The molecule has 0 aliphatic heterocycles. The predicted octanol–water partition coefficient (Wildman–Crippen LogP) is 5.52. The highest BCUT2D eigenvalue weighted by molar-refractivity contribution is 6.33. The zero-order valence-corrected chi connectivity index (χ0v) is 16.6. The van der Waals surface area contributed by atoms with E-state index >= 15 is 0 Å². The van der Waals surface area contributed by atoms with Crippen molar-refractivity contribution in [2.24, 2.45) is 5.92 Å². The molecule has 2 nitrogen and oxygen atoms in total. The van der Waals surface area contributed by atoms with Crippen molar-refractivity contribution in [3.05, 3.63) is 126 Å². The number of fused-ring (bicyclic) bond motifs is 1. The lowest BCUT2D eigenvalue weighted by Crippen LogP contribution is -2.52. The Kier molecular flexibility index (Phi) is 4.55. The minimum atomic E-state index is -0.989. The number of benzene rings is 3. The maximum Gasteiger partial charge on any atom is 0.178 e. The van der Waals surface area contributed by atoms with Crippen molar-refractivity contribution in [1.29, 1.82) is 0 Å². The third-order valence-electron chi connectivity index (χ3n) is 6.44. The molecule has 3 aromatic rings. The Hall–Kier alpha value is -3.52. The van der Waals surface area contributed by atoms with Crippen LogP contribution in [-0.2, 0) is 15.0 Å². The number of carbonyl (C=O) groups is 2. The number of hydrogen-bond donors (Lipinski definition) is 0. The van der Waals surface area contributed by atoms with Gasteiger partial charge in [-0.15, -0.1) is 0 Å². The molecule has 2 aliphatic carbocycles. The first-order chi connectivity index (χ1) is 14.7. The Morgan fingerprint density at radius 3 is 2.00 bits per heavy atom. The molecule has 0 spiro atoms. The molecule has 146 valence electrons. The lowest BCUT2D eigenvalue weighted by Gasteiger charge is -2.46. The zero-order chi connectivity index (χ0) is 20.6. The van der Waals surface area contributed by atoms with Gasteiger partial charge in [0.2, 0.25) is 0 Å². The first-order valence-electron chi connectivity index (χ1n) is 10.4. The molecule has 0 saturated heterocycles. The van der Waals surface area contributed by atoms with Gasteiger partial charge in [0.15, 0.2) is 11.6 Å². The van der Waals surface area contributed by atoms with Gasteiger partial charge in [0.05, 0.1) is 5.41 Å². The summed E-state index contributed by atoms with van der Waals surface area (Å²) in [4.78, 5) is 27.8. The molecule has 0 bridgehead atoms. The lowest BCUT2D eigenvalue weighted by atomic mass is 9.54. The van der Waals surface area contributed by atoms with Crippen LogP contribution in [0.4, 0.5) is 0 Å². The third-order valence-corrected chi connectivity index (χ3v) is 6.44. The second-order valence-electron chi connectivity index (χ2n) is 8.02. The number of carbonyl (C=O) groups excluding carboxylic acids is 2. The van der Waals surface area contributed by atoms with E-state index in [9.17, 15) is 9.59 Å². The van der Waals surface area contributed by atoms with E-state index in [-0.39, 0.29) is 17.5 Å². The summed E-state index contributed by atoms with van der Waals surface area (Å²) in [6.07, 6.45) is 6.40. The van der Waals surface area contributed by atoms with E-state index in [0.717, 1.165) is 23.1 Å². The zero-order valence-electron chi connectivity index (χ0n) is 16.6. The van der Waals surface area contributed by atoms with Gasteiger partial charge < -0.3 is 0 Å². The van der Waals surface area contributed by atoms with Gasteiger partial charge in [-0.3, -0.25) is 9.59 Å². The van der Waals surface area contributed by atoms with Gasteiger partial charge >= 0.3 is 0 Å². The summed E-state index contributed by atoms with van der Waals surface area (Å²) < 4.78 is 0. The largest absolute Gasteiger partial charge is 0.294 e. The van der Waals surface area contributed by atoms with Crippen LogP contribution in [0.5, 0.6) is 0 Å². The number of allylic oxidation sites excluding steroid dienone is 4. The molecule has 0 heterocycles. The average molecular weight is 390 g/mol. The Morgan fingerprint density at radius 2 is 1.33 bits per heavy atom. The summed E-state index contributed by atoms with van der Waals surface area (Å²) in [6, 6.07) is 29.4. The number of Topliss-reactive ketones (excluding diaryl/α,β-unsaturated/α-hetero) is 1. The van der Waals surface area contributed by atoms with Crippen LogP contribution in [0.25, 0.3) is 5.57 Å². The second kappa shape index (κ2) is 7.38. The van der Waals surface area contributed by atoms with Gasteiger partial charge in [-0.1, -0.05) is 103 Å². The highest BCUT2D eigenvalue weighted by atomic mass is 16.1. The summed E-state index contributed by atoms with van der Waals surface area (Å²) >= 11 is 0. The molecule has 5 rings (SSSR count). The Labute approximate surface area is 176 Å². The van der Waals surface area contributed by atoms with Crippen LogP contribution < -0.4 is 0 Å². The van der Waals surface area contributed by atoms with Gasteiger partial charge in [-0.05, 0) is 35.1 Å². The monoisotopic (exact) mass is 390 g/mol. The van der Waals surface area contributed by atoms with Crippen LogP contribution in [-0.4, -0.2) is 11.6 Å². The fourth-order valence-electron chi connectivity index (χ4n) is 5.10. The quantitative estimate of drug-likeness (QED) is 0.552. The maximum atomic E-state index is 14.1. The number of hydrogen-bond acceptors (Lipinski definition) is 2. The van der Waals surface area contributed by atoms with Crippen molar-refractivity contribution in [1.82, 2.24) is 0 Å². The van der Waals surface area contributed by atoms with E-state index < -0.39 is 11.3 Å². The smallest absolute Gasteiger partial charge is 0.178 e. The molecule has 0 N–H and O–H groups in total. The van der Waals surface area contributed by atoms with Crippen LogP contribution >= 0.6 is 0 Å². The number of ketones is 2. The molecule has 0 aromatic heterocycles. The molecule has 3 atom stereocenters. The molecule has 30 heavy (non-hydrogen) atoms. The second-order valence-corrected chi connectivity index (χ2v) is 8.02. The van der Waals surface area contributed by atoms with Gasteiger partial charge in [0, 0.05) is 11.5 Å². The highest BCUT2D eigenvalue weighted by Crippen LogP contribution is 2.52. The van der Waals surface area contributed by atoms with Crippen molar-refractivity contribution < 1.29 is 9.59 Å². The van der Waals surface area contributed by atoms with E-state index in [1.54, 1.807) is 6.08 Å². The van der Waals surface area contributed by atoms with E-state index in [0.29, 0.717) is 5.57 Å². The maximum absolute atomic E-state index is 14.1. The van der Waals surface area contributed by atoms with Crippen molar-refractivity contribution >= 4 is 17.1 Å². The van der Waals surface area contributed by atoms with E-state index in [4.69, 9.17) is 0 Å². The summed E-state index contributed by atoms with van der Waals surface area (Å²) in [7, 11) is 0. The average Bonchev–Trinajstić information content (AvgIpc) is 2.82. The van der Waals surface area contributed by atoms with Crippen LogP contribution in [0.15, 0.2) is 109 Å². The summed E-state index contributed by atoms with van der Waals surface area (Å²) in [6.45, 7) is 0. The van der Waals surface area contributed by atoms with Crippen molar-refractivity contribution in [2.75, 3.05) is 0 Å². The number of rotatable bonds is 3. The highest BCUT2D eigenvalue weighted by Gasteiger charge is 2.55. The molecular formula is C28H22O2. The minimum Gasteiger partial charge on any atom is -0.294 e. The SMILES string of the molecule is O=C1C=C(c2ccccc2)C(=O)C2(c3ccccc3)C=CCC(c3ccccc3)C12. The van der Waals surface area contributed by atoms with Crippen molar-refractivity contribution in [2.45, 2.75) is 17.8 Å². The Bertz CT molecular complexity index is 1140. The Balaban J connectivity index is 1.75. The van der Waals surface area contributed by atoms with Gasteiger partial charge in [0.1, 0.15) is 0 Å². The molecule has 2 heteroatoms. The van der Waals surface area contributed by atoms with Crippen LogP contribution in [0, 0.1) is 5.92 Å².